The van der Waals surface area contributed by atoms with Gasteiger partial charge < -0.3 is 10.1 Å². The van der Waals surface area contributed by atoms with Crippen molar-refractivity contribution in [2.24, 2.45) is 0 Å². The van der Waals surface area contributed by atoms with Gasteiger partial charge in [0, 0.05) is 6.04 Å². The molecular weight excluding hydrogens is 166 g/mol. The van der Waals surface area contributed by atoms with Crippen molar-refractivity contribution in [3.8, 4) is 0 Å². The van der Waals surface area contributed by atoms with Gasteiger partial charge in [0.05, 0.1) is 7.11 Å². The zero-order valence-corrected chi connectivity index (χ0v) is 7.61. The highest BCUT2D eigenvalue weighted by molar-refractivity contribution is 5.85. The average Bonchev–Trinajstić information content (AvgIpc) is 2.34. The summed E-state index contributed by atoms with van der Waals surface area (Å²) in [4.78, 5) is 10.9. The Morgan fingerprint density at radius 1 is 1.55 bits per heavy atom. The van der Waals surface area contributed by atoms with E-state index < -0.39 is 0 Å². The maximum absolute atomic E-state index is 10.9. The van der Waals surface area contributed by atoms with Crippen LogP contribution in [-0.4, -0.2) is 25.2 Å². The van der Waals surface area contributed by atoms with Crippen molar-refractivity contribution in [1.29, 1.82) is 0 Å². The summed E-state index contributed by atoms with van der Waals surface area (Å²) in [6.45, 7) is 2.07. The number of hydrogen-bond acceptors (Lipinski definition) is 3. The second-order valence-electron chi connectivity index (χ2n) is 2.72. The van der Waals surface area contributed by atoms with Crippen molar-refractivity contribution in [1.82, 2.24) is 5.32 Å². The molecule has 0 aromatic rings. The van der Waals surface area contributed by atoms with Crippen molar-refractivity contribution in [3.63, 3.8) is 0 Å². The summed E-state index contributed by atoms with van der Waals surface area (Å²) in [6.07, 6.45) is 1.98. The Balaban J connectivity index is 0.000001000. The fraction of sp³-hybridized carbons (Fsp3) is 0.857. The van der Waals surface area contributed by atoms with E-state index in [0.29, 0.717) is 6.04 Å². The van der Waals surface area contributed by atoms with Crippen LogP contribution in [0.5, 0.6) is 0 Å². The fourth-order valence-electron chi connectivity index (χ4n) is 1.25. The average molecular weight is 180 g/mol. The number of ether oxygens (including phenoxy) is 1. The molecule has 66 valence electrons. The van der Waals surface area contributed by atoms with Crippen LogP contribution in [0.15, 0.2) is 0 Å². The van der Waals surface area contributed by atoms with Crippen LogP contribution in [0.2, 0.25) is 0 Å². The second kappa shape index (κ2) is 4.57. The lowest BCUT2D eigenvalue weighted by molar-refractivity contribution is -0.142. The first kappa shape index (κ1) is 10.7. The first-order valence-electron chi connectivity index (χ1n) is 3.58. The molecule has 0 aliphatic carbocycles. The Hall–Kier alpha value is -0.280. The minimum absolute atomic E-state index is 0. The second-order valence-corrected chi connectivity index (χ2v) is 2.72. The van der Waals surface area contributed by atoms with Crippen molar-refractivity contribution in [2.45, 2.75) is 31.8 Å². The first-order chi connectivity index (χ1) is 4.74. The minimum atomic E-state index is -0.135. The highest BCUT2D eigenvalue weighted by Crippen LogP contribution is 2.11. The predicted octanol–water partition coefficient (Wildman–Crippen LogP) is 0.722. The van der Waals surface area contributed by atoms with Crippen molar-refractivity contribution in [3.05, 3.63) is 0 Å². The molecule has 11 heavy (non-hydrogen) atoms. The quantitative estimate of drug-likeness (QED) is 0.603. The standard InChI is InChI=1S/C7H13NO2.ClH/c1-5-3-4-6(8-5)7(9)10-2;/h5-6,8H,3-4H2,1-2H3;1H/t5-,6+;/m0./s1. The third-order valence-electron chi connectivity index (χ3n) is 1.86. The van der Waals surface area contributed by atoms with Gasteiger partial charge in [-0.25, -0.2) is 0 Å². The van der Waals surface area contributed by atoms with Crippen LogP contribution in [-0.2, 0) is 9.53 Å². The lowest BCUT2D eigenvalue weighted by Gasteiger charge is -2.07. The number of nitrogens with one attached hydrogen (secondary N) is 1. The lowest BCUT2D eigenvalue weighted by Crippen LogP contribution is -2.34. The Bertz CT molecular complexity index is 140. The molecule has 0 amide bonds. The Kier molecular flexibility index (Phi) is 4.45. The molecule has 0 aromatic carbocycles. The van der Waals surface area contributed by atoms with Crippen LogP contribution in [0.1, 0.15) is 19.8 Å². The molecule has 1 N–H and O–H groups in total. The van der Waals surface area contributed by atoms with Gasteiger partial charge in [0.15, 0.2) is 0 Å². The number of esters is 1. The van der Waals surface area contributed by atoms with E-state index in [9.17, 15) is 4.79 Å². The smallest absolute Gasteiger partial charge is 0.322 e. The van der Waals surface area contributed by atoms with E-state index in [1.54, 1.807) is 0 Å². The topological polar surface area (TPSA) is 38.3 Å². The van der Waals surface area contributed by atoms with Gasteiger partial charge in [0.25, 0.3) is 0 Å². The number of methoxy groups -OCH3 is 1. The molecule has 2 atom stereocenters. The Morgan fingerprint density at radius 3 is 2.55 bits per heavy atom. The normalized spacial score (nSPS) is 29.3. The molecule has 1 saturated heterocycles. The molecule has 1 aliphatic rings. The molecule has 3 nitrogen and oxygen atoms in total. The summed E-state index contributed by atoms with van der Waals surface area (Å²) in [6, 6.07) is 0.407. The summed E-state index contributed by atoms with van der Waals surface area (Å²) in [5, 5.41) is 3.13. The van der Waals surface area contributed by atoms with Gasteiger partial charge in [-0.15, -0.1) is 12.4 Å². The first-order valence-corrected chi connectivity index (χ1v) is 3.58. The molecule has 1 fully saturated rings. The van der Waals surface area contributed by atoms with E-state index in [4.69, 9.17) is 0 Å². The molecule has 0 aromatic heterocycles. The number of hydrogen-bond donors (Lipinski definition) is 1. The number of carbonyl (C=O) groups is 1. The van der Waals surface area contributed by atoms with Gasteiger partial charge >= 0.3 is 5.97 Å². The molecule has 4 heteroatoms. The van der Waals surface area contributed by atoms with Gasteiger partial charge in [0.1, 0.15) is 6.04 Å². The molecule has 1 heterocycles. The van der Waals surface area contributed by atoms with Crippen molar-refractivity contribution >= 4 is 18.4 Å². The molecule has 0 spiro atoms. The molecule has 1 aliphatic heterocycles. The van der Waals surface area contributed by atoms with Crippen LogP contribution in [0.4, 0.5) is 0 Å². The zero-order chi connectivity index (χ0) is 7.56. The van der Waals surface area contributed by atoms with E-state index in [2.05, 4.69) is 17.0 Å². The van der Waals surface area contributed by atoms with Crippen LogP contribution in [0.3, 0.4) is 0 Å². The summed E-state index contributed by atoms with van der Waals surface area (Å²) in [7, 11) is 1.42. The highest BCUT2D eigenvalue weighted by Gasteiger charge is 2.26. The van der Waals surface area contributed by atoms with Crippen LogP contribution < -0.4 is 5.32 Å². The molecule has 1 rings (SSSR count). The number of carbonyl (C=O) groups excluding carboxylic acids is 1. The van der Waals surface area contributed by atoms with E-state index >= 15 is 0 Å². The SMILES string of the molecule is COC(=O)[C@H]1CC[C@H](C)N1.Cl. The van der Waals surface area contributed by atoms with E-state index in [-0.39, 0.29) is 24.4 Å². The highest BCUT2D eigenvalue weighted by atomic mass is 35.5. The number of halogens is 1. The summed E-state index contributed by atoms with van der Waals surface area (Å²) in [5.74, 6) is -0.135. The largest absolute Gasteiger partial charge is 0.468 e. The van der Waals surface area contributed by atoms with Gasteiger partial charge in [-0.05, 0) is 19.8 Å². The van der Waals surface area contributed by atoms with E-state index in [0.717, 1.165) is 12.8 Å². The van der Waals surface area contributed by atoms with Crippen LogP contribution in [0, 0.1) is 0 Å². The zero-order valence-electron chi connectivity index (χ0n) is 6.79. The summed E-state index contributed by atoms with van der Waals surface area (Å²) in [5.41, 5.74) is 0. The molecule has 0 radical (unpaired) electrons. The van der Waals surface area contributed by atoms with E-state index in [1.807, 2.05) is 0 Å². The van der Waals surface area contributed by atoms with Crippen molar-refractivity contribution < 1.29 is 9.53 Å². The van der Waals surface area contributed by atoms with Gasteiger partial charge in [-0.3, -0.25) is 4.79 Å². The lowest BCUT2D eigenvalue weighted by atomic mass is 10.2. The van der Waals surface area contributed by atoms with Crippen LogP contribution in [0.25, 0.3) is 0 Å². The van der Waals surface area contributed by atoms with Crippen LogP contribution >= 0.6 is 12.4 Å². The molecule has 0 saturated carbocycles. The summed E-state index contributed by atoms with van der Waals surface area (Å²) >= 11 is 0. The minimum Gasteiger partial charge on any atom is -0.468 e. The maximum atomic E-state index is 10.9. The monoisotopic (exact) mass is 179 g/mol. The molecule has 0 bridgehead atoms. The van der Waals surface area contributed by atoms with Gasteiger partial charge in [-0.2, -0.15) is 0 Å². The van der Waals surface area contributed by atoms with Crippen molar-refractivity contribution in [2.75, 3.05) is 7.11 Å². The number of rotatable bonds is 1. The maximum Gasteiger partial charge on any atom is 0.322 e. The third-order valence-corrected chi connectivity index (χ3v) is 1.86. The molecular formula is C7H14ClNO2. The predicted molar refractivity (Wildman–Crippen MR) is 44.9 cm³/mol. The third kappa shape index (κ3) is 2.67. The van der Waals surface area contributed by atoms with Gasteiger partial charge in [-0.1, -0.05) is 0 Å². The Morgan fingerprint density at radius 2 is 2.18 bits per heavy atom. The summed E-state index contributed by atoms with van der Waals surface area (Å²) < 4.78 is 4.58. The van der Waals surface area contributed by atoms with Gasteiger partial charge in [0.2, 0.25) is 0 Å². The fourth-order valence-corrected chi connectivity index (χ4v) is 1.25. The van der Waals surface area contributed by atoms with E-state index in [1.165, 1.54) is 7.11 Å². The molecule has 0 unspecified atom stereocenters. The Labute approximate surface area is 72.9 Å².